The number of anilines is 4. The summed E-state index contributed by atoms with van der Waals surface area (Å²) in [7, 11) is -18.8. The van der Waals surface area contributed by atoms with Crippen LogP contribution >= 0.6 is 46.4 Å². The van der Waals surface area contributed by atoms with Gasteiger partial charge in [-0.05, 0) is 83.9 Å². The molecule has 2 amide bonds. The van der Waals surface area contributed by atoms with Crippen molar-refractivity contribution in [2.75, 3.05) is 35.7 Å². The van der Waals surface area contributed by atoms with Crippen LogP contribution in [0.1, 0.15) is 52.6 Å². The molecule has 0 atom stereocenters. The first-order valence-electron chi connectivity index (χ1n) is 19.7. The van der Waals surface area contributed by atoms with Crippen molar-refractivity contribution < 1.29 is 80.5 Å². The topological polar surface area (TPSA) is 377 Å². The van der Waals surface area contributed by atoms with Crippen LogP contribution in [0.3, 0.4) is 0 Å². The van der Waals surface area contributed by atoms with E-state index in [2.05, 4.69) is 31.7 Å². The molecule has 2 aliphatic carbocycles. The fourth-order valence-electron chi connectivity index (χ4n) is 6.99. The SMILES string of the molecule is COc1cc(N/N=C2/C(=O)c3c(cc(S(=O)(=O)O)cc3NC(=O)c3ccc(Cl)cc3Cl)C=C2S(=O)(=O)O)c(OC)cc1N/N=C1/C(=O)c2c(cc(S(=O)(=O)O)cc2NC(=O)c2ccc(Cl)c(Cl)c2)C=C1S(=O)(=O)O.[Na].[Na].[Na].[Na]. The maximum atomic E-state index is 14.3. The quantitative estimate of drug-likeness (QED) is 0.0382. The molecule has 0 fully saturated rings. The Hall–Kier alpha value is -2.80. The minimum Gasteiger partial charge on any atom is -0.494 e. The minimum atomic E-state index is -5.42. The number of carbonyl (C=O) groups excluding carboxylic acids is 4. The van der Waals surface area contributed by atoms with Gasteiger partial charge < -0.3 is 20.1 Å². The average molecular weight is 1270 g/mol. The maximum Gasteiger partial charge on any atom is 0.296 e. The first-order valence-corrected chi connectivity index (χ1v) is 26.9. The summed E-state index contributed by atoms with van der Waals surface area (Å²) in [6.45, 7) is 0. The molecule has 4 radical (unpaired) electrons. The number of hydrazone groups is 2. The molecule has 8 N–H and O–H groups in total. The van der Waals surface area contributed by atoms with Gasteiger partial charge in [0.25, 0.3) is 52.3 Å². The Balaban J connectivity index is 0.00000400. The number of methoxy groups -OCH3 is 2. The number of fused-ring (bicyclic) bond motifs is 2. The van der Waals surface area contributed by atoms with Crippen molar-refractivity contribution in [1.82, 2.24) is 0 Å². The standard InChI is InChI=1S/C42H28Cl4N6O18S4.4Na/c1-69-31-16-28(50-52-38-34(74(66,67)68)11-19-8-22(72(60,61)62)14-30(36(19)40(38)54)48-42(56)23-5-4-20(43)12-25(23)45)32(70-2)15-27(31)49-51-37-33(73(63,64)65)10-18-7-21(71(57,58)59)13-29(35(18)39(37)53)47-41(55)17-3-6-24(44)26(46)9-17;;;;/h3-16,49-50H,1-2H3,(H,47,55)(H,48,56)(H,57,58,59)(H,60,61,62)(H,63,64,65)(H,66,67,68);;;;/b51-37+,52-38+;;;;. The van der Waals surface area contributed by atoms with Gasteiger partial charge in [0, 0.05) is 141 Å². The summed E-state index contributed by atoms with van der Waals surface area (Å²) in [5, 5.41) is 12.4. The van der Waals surface area contributed by atoms with E-state index in [1.165, 1.54) is 30.3 Å². The number of rotatable bonds is 14. The van der Waals surface area contributed by atoms with Crippen LogP contribution in [0.2, 0.25) is 20.1 Å². The normalized spacial score (nSPS) is 14.1. The van der Waals surface area contributed by atoms with Crippen LogP contribution < -0.4 is 31.0 Å². The summed E-state index contributed by atoms with van der Waals surface area (Å²) in [6, 6.07) is 12.2. The second-order valence-corrected chi connectivity index (χ2v) is 22.3. The van der Waals surface area contributed by atoms with E-state index in [-0.39, 0.29) is 172 Å². The summed E-state index contributed by atoms with van der Waals surface area (Å²) < 4.78 is 151. The number of carbonyl (C=O) groups is 4. The van der Waals surface area contributed by atoms with Crippen molar-refractivity contribution in [3.8, 4) is 11.5 Å². The van der Waals surface area contributed by atoms with E-state index in [1.54, 1.807) is 0 Å². The van der Waals surface area contributed by atoms with Crippen LogP contribution in [0.25, 0.3) is 12.2 Å². The van der Waals surface area contributed by atoms with Gasteiger partial charge in [-0.25, -0.2) is 0 Å². The maximum absolute atomic E-state index is 14.3. The summed E-state index contributed by atoms with van der Waals surface area (Å²) in [4.78, 5) is 51.0. The fourth-order valence-corrected chi connectivity index (χ4v) is 10.2. The molecular formula is C42H28Cl4N6Na4O18S4. The zero-order valence-electron chi connectivity index (χ0n) is 40.6. The minimum absolute atomic E-state index is 0. The third-order valence-electron chi connectivity index (χ3n) is 10.3. The van der Waals surface area contributed by atoms with Gasteiger partial charge in [0.2, 0.25) is 11.6 Å². The molecule has 0 heterocycles. The number of ether oxygens (including phenoxy) is 2. The number of ketones is 2. The number of nitrogens with one attached hydrogen (secondary N) is 4. The van der Waals surface area contributed by atoms with E-state index in [9.17, 15) is 71.1 Å². The number of amides is 2. The second kappa shape index (κ2) is 27.1. The Bertz CT molecular complexity index is 3980. The van der Waals surface area contributed by atoms with Crippen LogP contribution in [0, 0.1) is 0 Å². The molecule has 7 rings (SSSR count). The smallest absolute Gasteiger partial charge is 0.296 e. The van der Waals surface area contributed by atoms with Crippen LogP contribution in [-0.4, -0.2) is 219 Å². The number of Topliss-reactive ketones (excluding diaryl/α,β-unsaturated/α-hetero) is 2. The van der Waals surface area contributed by atoms with E-state index in [1.807, 2.05) is 0 Å². The van der Waals surface area contributed by atoms with Crippen molar-refractivity contribution in [2.45, 2.75) is 9.79 Å². The molecule has 0 aromatic heterocycles. The Morgan fingerprint density at radius 1 is 0.500 bits per heavy atom. The molecule has 24 nitrogen and oxygen atoms in total. The summed E-state index contributed by atoms with van der Waals surface area (Å²) in [6.07, 6.45) is 1.25. The van der Waals surface area contributed by atoms with Gasteiger partial charge in [-0.2, -0.15) is 43.9 Å². The van der Waals surface area contributed by atoms with Crippen LogP contribution in [0.5, 0.6) is 11.5 Å². The Kier molecular flexibility index (Phi) is 24.1. The number of hydrogen-bond donors (Lipinski definition) is 8. The van der Waals surface area contributed by atoms with Gasteiger partial charge >= 0.3 is 0 Å². The van der Waals surface area contributed by atoms with Gasteiger partial charge in [0.1, 0.15) is 32.7 Å². The summed E-state index contributed by atoms with van der Waals surface area (Å²) in [5.74, 6) is -5.25. The van der Waals surface area contributed by atoms with Crippen molar-refractivity contribution in [1.29, 1.82) is 0 Å². The molecule has 5 aromatic rings. The zero-order valence-corrected chi connectivity index (χ0v) is 54.9. The van der Waals surface area contributed by atoms with Gasteiger partial charge in [-0.15, -0.1) is 0 Å². The Labute approximate surface area is 551 Å². The monoisotopic (exact) mass is 1260 g/mol. The Morgan fingerprint density at radius 2 is 0.923 bits per heavy atom. The third-order valence-corrected chi connectivity index (χ3v) is 15.0. The van der Waals surface area contributed by atoms with E-state index >= 15 is 0 Å². The molecule has 0 saturated heterocycles. The summed E-state index contributed by atoms with van der Waals surface area (Å²) in [5.41, 5.74) is -1.68. The molecule has 2 aliphatic rings. The molecule has 0 saturated carbocycles. The number of hydrogen-bond acceptors (Lipinski definition) is 18. The van der Waals surface area contributed by atoms with Gasteiger partial charge in [0.15, 0.2) is 11.4 Å². The first kappa shape index (κ1) is 69.5. The zero-order chi connectivity index (χ0) is 54.6. The number of allylic oxidation sites excluding steroid dienone is 2. The Morgan fingerprint density at radius 3 is 1.29 bits per heavy atom. The van der Waals surface area contributed by atoms with E-state index in [0.29, 0.717) is 36.4 Å². The predicted molar refractivity (Wildman–Crippen MR) is 294 cm³/mol. The first-order chi connectivity index (χ1) is 34.4. The number of halogens is 4. The number of benzene rings is 5. The fraction of sp³-hybridized carbons (Fsp3) is 0.0476. The van der Waals surface area contributed by atoms with Gasteiger partial charge in [-0.3, -0.25) is 48.2 Å². The van der Waals surface area contributed by atoms with Crippen molar-refractivity contribution in [3.63, 3.8) is 0 Å². The van der Waals surface area contributed by atoms with Crippen LogP contribution in [0.15, 0.2) is 103 Å². The molecule has 390 valence electrons. The molecule has 78 heavy (non-hydrogen) atoms. The van der Waals surface area contributed by atoms with Crippen LogP contribution in [-0.2, 0) is 40.5 Å². The molecule has 0 bridgehead atoms. The molecule has 5 aromatic carbocycles. The molecule has 0 unspecified atom stereocenters. The third kappa shape index (κ3) is 15.4. The summed E-state index contributed by atoms with van der Waals surface area (Å²) >= 11 is 24.1. The van der Waals surface area contributed by atoms with E-state index in [4.69, 9.17) is 55.9 Å². The van der Waals surface area contributed by atoms with Gasteiger partial charge in [0.05, 0.1) is 67.1 Å². The molecule has 36 heteroatoms. The molecule has 0 aliphatic heterocycles. The van der Waals surface area contributed by atoms with E-state index < -0.39 is 129 Å². The van der Waals surface area contributed by atoms with Crippen molar-refractivity contribution in [2.24, 2.45) is 10.2 Å². The van der Waals surface area contributed by atoms with Crippen molar-refractivity contribution >= 4 is 275 Å². The van der Waals surface area contributed by atoms with Crippen LogP contribution in [0.4, 0.5) is 22.7 Å². The van der Waals surface area contributed by atoms with Crippen molar-refractivity contribution in [3.05, 3.63) is 136 Å². The predicted octanol–water partition coefficient (Wildman–Crippen LogP) is 5.58. The number of nitrogens with zero attached hydrogens (tertiary/aromatic N) is 2. The molecular weight excluding hydrogens is 1240 g/mol. The van der Waals surface area contributed by atoms with E-state index in [0.717, 1.165) is 32.4 Å². The van der Waals surface area contributed by atoms with Gasteiger partial charge in [-0.1, -0.05) is 46.4 Å². The second-order valence-electron chi connectivity index (χ2n) is 15.0. The largest absolute Gasteiger partial charge is 0.494 e. The molecule has 0 spiro atoms. The average Bonchev–Trinajstić information content (AvgIpc) is 3.29.